The van der Waals surface area contributed by atoms with Gasteiger partial charge in [0.2, 0.25) is 0 Å². The number of ether oxygens (including phenoxy) is 1. The Labute approximate surface area is 84.7 Å². The summed E-state index contributed by atoms with van der Waals surface area (Å²) in [5, 5.41) is 8.66. The van der Waals surface area contributed by atoms with Crippen molar-refractivity contribution in [1.29, 1.82) is 5.26 Å². The van der Waals surface area contributed by atoms with Crippen LogP contribution in [0.1, 0.15) is 20.3 Å². The highest BCUT2D eigenvalue weighted by atomic mass is 16.5. The first-order valence-corrected chi connectivity index (χ1v) is 4.50. The molecule has 0 bridgehead atoms. The molecule has 0 saturated carbocycles. The van der Waals surface area contributed by atoms with E-state index in [0.29, 0.717) is 12.3 Å². The molecule has 0 aliphatic heterocycles. The van der Waals surface area contributed by atoms with Crippen LogP contribution < -0.4 is 0 Å². The molecule has 0 aromatic heterocycles. The molecule has 0 saturated heterocycles. The van der Waals surface area contributed by atoms with Crippen molar-refractivity contribution in [2.24, 2.45) is 5.92 Å². The number of nitrogens with zero attached hydrogens (tertiary/aromatic N) is 1. The van der Waals surface area contributed by atoms with Gasteiger partial charge in [0.1, 0.15) is 18.2 Å². The molecule has 0 amide bonds. The first-order chi connectivity index (χ1) is 6.61. The van der Waals surface area contributed by atoms with E-state index in [1.165, 1.54) is 6.08 Å². The van der Waals surface area contributed by atoms with Gasteiger partial charge in [-0.15, -0.1) is 0 Å². The molecule has 14 heavy (non-hydrogen) atoms. The Balaban J connectivity index is 4.26. The number of allylic oxidation sites excluding steroid dienone is 1. The number of rotatable bonds is 5. The van der Waals surface area contributed by atoms with E-state index in [1.807, 2.05) is 19.9 Å². The summed E-state index contributed by atoms with van der Waals surface area (Å²) in [4.78, 5) is 11.2. The van der Waals surface area contributed by atoms with E-state index < -0.39 is 5.97 Å². The molecular formula is C11H15NO2. The molecule has 0 heterocycles. The molecule has 0 N–H and O–H groups in total. The van der Waals surface area contributed by atoms with Crippen molar-refractivity contribution in [3.8, 4) is 6.07 Å². The number of hydrogen-bond acceptors (Lipinski definition) is 3. The standard InChI is InChI=1S/C11H15NO2/c1-4-7-14-11(13)10(8-12)6-5-9(2)3/h4,6,9H,1,5,7H2,2-3H3/b10-6+. The van der Waals surface area contributed by atoms with E-state index in [0.717, 1.165) is 0 Å². The van der Waals surface area contributed by atoms with Gasteiger partial charge in [-0.3, -0.25) is 0 Å². The van der Waals surface area contributed by atoms with Gasteiger partial charge in [0.25, 0.3) is 0 Å². The van der Waals surface area contributed by atoms with Crippen molar-refractivity contribution in [2.45, 2.75) is 20.3 Å². The maximum atomic E-state index is 11.2. The van der Waals surface area contributed by atoms with Crippen LogP contribution in [0.3, 0.4) is 0 Å². The molecule has 0 spiro atoms. The zero-order valence-corrected chi connectivity index (χ0v) is 8.62. The fourth-order valence-corrected chi connectivity index (χ4v) is 0.741. The van der Waals surface area contributed by atoms with Gasteiger partial charge in [0.15, 0.2) is 0 Å². The molecule has 0 aliphatic rings. The monoisotopic (exact) mass is 193 g/mol. The number of esters is 1. The topological polar surface area (TPSA) is 50.1 Å². The maximum absolute atomic E-state index is 11.2. The van der Waals surface area contributed by atoms with E-state index in [-0.39, 0.29) is 12.2 Å². The summed E-state index contributed by atoms with van der Waals surface area (Å²) in [6.45, 7) is 7.58. The first-order valence-electron chi connectivity index (χ1n) is 4.50. The van der Waals surface area contributed by atoms with Crippen LogP contribution >= 0.6 is 0 Å². The van der Waals surface area contributed by atoms with Crippen LogP contribution in [0.5, 0.6) is 0 Å². The minimum absolute atomic E-state index is 0.0700. The Morgan fingerprint density at radius 3 is 2.71 bits per heavy atom. The van der Waals surface area contributed by atoms with Crippen LogP contribution in [0.2, 0.25) is 0 Å². The molecule has 0 radical (unpaired) electrons. The Bertz CT molecular complexity index is 272. The van der Waals surface area contributed by atoms with Gasteiger partial charge < -0.3 is 4.74 Å². The van der Waals surface area contributed by atoms with Gasteiger partial charge in [-0.2, -0.15) is 5.26 Å². The summed E-state index contributed by atoms with van der Waals surface area (Å²) in [6.07, 6.45) is 3.78. The molecule has 0 fully saturated rings. The number of nitriles is 1. The summed E-state index contributed by atoms with van der Waals surface area (Å²) in [5.41, 5.74) is 0.0700. The second-order valence-corrected chi connectivity index (χ2v) is 3.25. The lowest BCUT2D eigenvalue weighted by Crippen LogP contribution is -2.07. The van der Waals surface area contributed by atoms with E-state index in [4.69, 9.17) is 10.00 Å². The number of carbonyl (C=O) groups is 1. The summed E-state index contributed by atoms with van der Waals surface area (Å²) in [7, 11) is 0. The summed E-state index contributed by atoms with van der Waals surface area (Å²) in [6, 6.07) is 1.82. The summed E-state index contributed by atoms with van der Waals surface area (Å²) in [5.74, 6) is -0.154. The smallest absolute Gasteiger partial charge is 0.348 e. The molecular weight excluding hydrogens is 178 g/mol. The summed E-state index contributed by atoms with van der Waals surface area (Å²) >= 11 is 0. The average Bonchev–Trinajstić information content (AvgIpc) is 2.15. The van der Waals surface area contributed by atoms with Crippen LogP contribution in [0.15, 0.2) is 24.3 Å². The maximum Gasteiger partial charge on any atom is 0.348 e. The predicted molar refractivity (Wildman–Crippen MR) is 54.3 cm³/mol. The van der Waals surface area contributed by atoms with Gasteiger partial charge >= 0.3 is 5.97 Å². The van der Waals surface area contributed by atoms with Crippen LogP contribution in [0.4, 0.5) is 0 Å². The zero-order valence-electron chi connectivity index (χ0n) is 8.62. The van der Waals surface area contributed by atoms with Crippen LogP contribution in [-0.2, 0) is 9.53 Å². The van der Waals surface area contributed by atoms with Crippen LogP contribution in [0, 0.1) is 17.2 Å². The fraction of sp³-hybridized carbons (Fsp3) is 0.455. The van der Waals surface area contributed by atoms with Crippen molar-refractivity contribution >= 4 is 5.97 Å². The van der Waals surface area contributed by atoms with Crippen molar-refractivity contribution in [1.82, 2.24) is 0 Å². The van der Waals surface area contributed by atoms with Crippen molar-refractivity contribution < 1.29 is 9.53 Å². The first kappa shape index (κ1) is 12.4. The molecule has 0 aliphatic carbocycles. The number of carbonyl (C=O) groups excluding carboxylic acids is 1. The van der Waals surface area contributed by atoms with Gasteiger partial charge in [-0.25, -0.2) is 4.79 Å². The van der Waals surface area contributed by atoms with E-state index in [9.17, 15) is 4.79 Å². The third kappa shape index (κ3) is 5.15. The largest absolute Gasteiger partial charge is 0.457 e. The van der Waals surface area contributed by atoms with Crippen LogP contribution in [0.25, 0.3) is 0 Å². The Morgan fingerprint density at radius 2 is 2.29 bits per heavy atom. The van der Waals surface area contributed by atoms with Crippen molar-refractivity contribution in [3.63, 3.8) is 0 Å². The SMILES string of the molecule is C=CCOC(=O)/C(C#N)=C/CC(C)C. The highest BCUT2D eigenvalue weighted by Gasteiger charge is 2.09. The molecule has 76 valence electrons. The Hall–Kier alpha value is -1.56. The quantitative estimate of drug-likeness (QED) is 0.291. The molecule has 0 aromatic carbocycles. The third-order valence-electron chi connectivity index (χ3n) is 1.47. The lowest BCUT2D eigenvalue weighted by molar-refractivity contribution is -0.137. The highest BCUT2D eigenvalue weighted by Crippen LogP contribution is 2.05. The van der Waals surface area contributed by atoms with E-state index in [1.54, 1.807) is 6.08 Å². The van der Waals surface area contributed by atoms with Gasteiger partial charge in [-0.05, 0) is 12.3 Å². The van der Waals surface area contributed by atoms with Gasteiger partial charge in [0, 0.05) is 0 Å². The minimum Gasteiger partial charge on any atom is -0.457 e. The molecule has 3 nitrogen and oxygen atoms in total. The lowest BCUT2D eigenvalue weighted by atomic mass is 10.1. The Kier molecular flexibility index (Phi) is 6.13. The molecule has 3 heteroatoms. The summed E-state index contributed by atoms with van der Waals surface area (Å²) < 4.78 is 4.73. The number of hydrogen-bond donors (Lipinski definition) is 0. The highest BCUT2D eigenvalue weighted by molar-refractivity contribution is 5.92. The molecule has 0 unspecified atom stereocenters. The Morgan fingerprint density at radius 1 is 1.64 bits per heavy atom. The zero-order chi connectivity index (χ0) is 11.0. The van der Waals surface area contributed by atoms with E-state index in [2.05, 4.69) is 6.58 Å². The third-order valence-corrected chi connectivity index (χ3v) is 1.47. The molecule has 0 atom stereocenters. The van der Waals surface area contributed by atoms with Crippen molar-refractivity contribution in [3.05, 3.63) is 24.3 Å². The fourth-order valence-electron chi connectivity index (χ4n) is 0.741. The van der Waals surface area contributed by atoms with Crippen LogP contribution in [-0.4, -0.2) is 12.6 Å². The van der Waals surface area contributed by atoms with Crippen molar-refractivity contribution in [2.75, 3.05) is 6.61 Å². The lowest BCUT2D eigenvalue weighted by Gasteiger charge is -2.01. The molecule has 0 aromatic rings. The molecule has 0 rings (SSSR count). The van der Waals surface area contributed by atoms with E-state index >= 15 is 0 Å². The second kappa shape index (κ2) is 6.90. The minimum atomic E-state index is -0.576. The van der Waals surface area contributed by atoms with Gasteiger partial charge in [0.05, 0.1) is 0 Å². The predicted octanol–water partition coefficient (Wildman–Crippen LogP) is 2.21. The normalized spacial score (nSPS) is 10.9. The average molecular weight is 193 g/mol. The second-order valence-electron chi connectivity index (χ2n) is 3.25. The van der Waals surface area contributed by atoms with Gasteiger partial charge in [-0.1, -0.05) is 32.6 Å².